The van der Waals surface area contributed by atoms with Gasteiger partial charge < -0.3 is 5.32 Å². The molecule has 0 aliphatic carbocycles. The van der Waals surface area contributed by atoms with Crippen molar-refractivity contribution in [1.29, 1.82) is 0 Å². The fourth-order valence-electron chi connectivity index (χ4n) is 1.91. The molecule has 0 fully saturated rings. The van der Waals surface area contributed by atoms with Gasteiger partial charge >= 0.3 is 0 Å². The van der Waals surface area contributed by atoms with E-state index in [4.69, 9.17) is 0 Å². The third-order valence-electron chi connectivity index (χ3n) is 3.11. The van der Waals surface area contributed by atoms with E-state index in [0.29, 0.717) is 16.7 Å². The Bertz CT molecular complexity index is 440. The highest BCUT2D eigenvalue weighted by atomic mass is 32.2. The Morgan fingerprint density at radius 2 is 2.00 bits per heavy atom. The van der Waals surface area contributed by atoms with Crippen LogP contribution in [0.2, 0.25) is 0 Å². The molecule has 0 saturated heterocycles. The summed E-state index contributed by atoms with van der Waals surface area (Å²) in [5, 5.41) is 3.40. The van der Waals surface area contributed by atoms with Crippen LogP contribution in [0.5, 0.6) is 0 Å². The Hall–Kier alpha value is -0.810. The number of benzene rings is 1. The SMILES string of the molecule is CCCNC(C)CCCCS(=O)c1ccc(F)c(F)c1. The zero-order valence-corrected chi connectivity index (χ0v) is 12.9. The fraction of sp³-hybridized carbons (Fsp3) is 0.600. The minimum Gasteiger partial charge on any atom is -0.314 e. The number of unbranched alkanes of at least 4 members (excludes halogenated alkanes) is 1. The van der Waals surface area contributed by atoms with Crippen LogP contribution in [0.3, 0.4) is 0 Å². The monoisotopic (exact) mass is 303 g/mol. The van der Waals surface area contributed by atoms with Crippen LogP contribution in [0, 0.1) is 11.6 Å². The first-order valence-corrected chi connectivity index (χ1v) is 8.43. The molecule has 0 aliphatic rings. The maximum absolute atomic E-state index is 13.0. The first-order chi connectivity index (χ1) is 9.54. The van der Waals surface area contributed by atoms with Crippen molar-refractivity contribution < 1.29 is 13.0 Å². The van der Waals surface area contributed by atoms with Gasteiger partial charge in [0.05, 0.1) is 10.8 Å². The van der Waals surface area contributed by atoms with Gasteiger partial charge in [0.1, 0.15) is 0 Å². The largest absolute Gasteiger partial charge is 0.314 e. The lowest BCUT2D eigenvalue weighted by atomic mass is 10.1. The topological polar surface area (TPSA) is 29.1 Å². The summed E-state index contributed by atoms with van der Waals surface area (Å²) in [6.45, 7) is 5.29. The molecule has 1 aromatic carbocycles. The van der Waals surface area contributed by atoms with Crippen molar-refractivity contribution in [3.05, 3.63) is 29.8 Å². The van der Waals surface area contributed by atoms with Gasteiger partial charge in [0.25, 0.3) is 0 Å². The summed E-state index contributed by atoms with van der Waals surface area (Å²) in [4.78, 5) is 0.362. The molecule has 0 amide bonds. The second-order valence-corrected chi connectivity index (χ2v) is 6.55. The minimum atomic E-state index is -1.25. The minimum absolute atomic E-state index is 0.362. The van der Waals surface area contributed by atoms with Crippen molar-refractivity contribution in [2.45, 2.75) is 50.5 Å². The van der Waals surface area contributed by atoms with E-state index in [9.17, 15) is 13.0 Å². The Morgan fingerprint density at radius 3 is 2.65 bits per heavy atom. The quantitative estimate of drug-likeness (QED) is 0.706. The smallest absolute Gasteiger partial charge is 0.160 e. The molecule has 2 unspecified atom stereocenters. The molecule has 0 heterocycles. The molecule has 0 saturated carbocycles. The van der Waals surface area contributed by atoms with E-state index in [1.54, 1.807) is 0 Å². The summed E-state index contributed by atoms with van der Waals surface area (Å²) in [5.41, 5.74) is 0. The van der Waals surface area contributed by atoms with E-state index in [2.05, 4.69) is 19.2 Å². The van der Waals surface area contributed by atoms with Crippen molar-refractivity contribution >= 4 is 10.8 Å². The molecule has 0 aromatic heterocycles. The van der Waals surface area contributed by atoms with Crippen LogP contribution in [-0.4, -0.2) is 22.5 Å². The van der Waals surface area contributed by atoms with Crippen molar-refractivity contribution in [3.63, 3.8) is 0 Å². The van der Waals surface area contributed by atoms with Gasteiger partial charge in [0.15, 0.2) is 11.6 Å². The summed E-state index contributed by atoms with van der Waals surface area (Å²) in [7, 11) is -1.25. The highest BCUT2D eigenvalue weighted by Crippen LogP contribution is 2.14. The van der Waals surface area contributed by atoms with Gasteiger partial charge in [-0.2, -0.15) is 0 Å². The van der Waals surface area contributed by atoms with E-state index in [0.717, 1.165) is 44.4 Å². The van der Waals surface area contributed by atoms with Gasteiger partial charge in [-0.05, 0) is 50.9 Å². The Kier molecular flexibility index (Phi) is 7.92. The fourth-order valence-corrected chi connectivity index (χ4v) is 3.07. The van der Waals surface area contributed by atoms with Crippen molar-refractivity contribution in [2.24, 2.45) is 0 Å². The Morgan fingerprint density at radius 1 is 1.25 bits per heavy atom. The third kappa shape index (κ3) is 6.09. The van der Waals surface area contributed by atoms with Crippen LogP contribution in [0.25, 0.3) is 0 Å². The molecule has 0 bridgehead atoms. The van der Waals surface area contributed by atoms with E-state index in [1.165, 1.54) is 6.07 Å². The summed E-state index contributed by atoms with van der Waals surface area (Å²) < 4.78 is 37.7. The number of nitrogens with one attached hydrogen (secondary N) is 1. The van der Waals surface area contributed by atoms with Gasteiger partial charge in [-0.1, -0.05) is 13.3 Å². The lowest BCUT2D eigenvalue weighted by Gasteiger charge is -2.12. The van der Waals surface area contributed by atoms with Crippen LogP contribution in [-0.2, 0) is 10.8 Å². The van der Waals surface area contributed by atoms with Crippen molar-refractivity contribution in [2.75, 3.05) is 12.3 Å². The zero-order valence-electron chi connectivity index (χ0n) is 12.1. The highest BCUT2D eigenvalue weighted by Gasteiger charge is 2.08. The number of rotatable bonds is 9. The van der Waals surface area contributed by atoms with Gasteiger partial charge in [-0.3, -0.25) is 4.21 Å². The lowest BCUT2D eigenvalue weighted by molar-refractivity contribution is 0.495. The third-order valence-corrected chi connectivity index (χ3v) is 4.55. The first kappa shape index (κ1) is 17.2. The molecule has 1 aromatic rings. The Labute approximate surface area is 122 Å². The average molecular weight is 303 g/mol. The molecule has 1 rings (SSSR count). The molecule has 2 nitrogen and oxygen atoms in total. The lowest BCUT2D eigenvalue weighted by Crippen LogP contribution is -2.26. The zero-order chi connectivity index (χ0) is 15.0. The molecule has 20 heavy (non-hydrogen) atoms. The normalized spacial score (nSPS) is 14.2. The average Bonchev–Trinajstić information content (AvgIpc) is 2.44. The van der Waals surface area contributed by atoms with Crippen molar-refractivity contribution in [3.8, 4) is 0 Å². The first-order valence-electron chi connectivity index (χ1n) is 7.11. The van der Waals surface area contributed by atoms with Crippen molar-refractivity contribution in [1.82, 2.24) is 5.32 Å². The summed E-state index contributed by atoms with van der Waals surface area (Å²) in [6, 6.07) is 3.91. The van der Waals surface area contributed by atoms with E-state index in [-0.39, 0.29) is 0 Å². The molecule has 0 radical (unpaired) electrons. The van der Waals surface area contributed by atoms with Gasteiger partial charge in [0.2, 0.25) is 0 Å². The maximum Gasteiger partial charge on any atom is 0.160 e. The maximum atomic E-state index is 13.0. The van der Waals surface area contributed by atoms with Crippen LogP contribution in [0.1, 0.15) is 39.5 Å². The number of hydrogen-bond donors (Lipinski definition) is 1. The van der Waals surface area contributed by atoms with E-state index >= 15 is 0 Å². The highest BCUT2D eigenvalue weighted by molar-refractivity contribution is 7.85. The van der Waals surface area contributed by atoms with Crippen LogP contribution >= 0.6 is 0 Å². The molecule has 0 spiro atoms. The Balaban J connectivity index is 2.28. The predicted molar refractivity (Wildman–Crippen MR) is 79.2 cm³/mol. The standard InChI is InChI=1S/C15H23F2NOS/c1-3-9-18-12(2)6-4-5-10-20(19)13-7-8-14(16)15(17)11-13/h7-8,11-12,18H,3-6,9-10H2,1-2H3. The summed E-state index contributed by atoms with van der Waals surface area (Å²) >= 11 is 0. The van der Waals surface area contributed by atoms with Crippen LogP contribution < -0.4 is 5.32 Å². The van der Waals surface area contributed by atoms with Crippen LogP contribution in [0.4, 0.5) is 8.78 Å². The molecule has 0 aliphatic heterocycles. The number of hydrogen-bond acceptors (Lipinski definition) is 2. The van der Waals surface area contributed by atoms with Crippen LogP contribution in [0.15, 0.2) is 23.1 Å². The summed E-state index contributed by atoms with van der Waals surface area (Å²) in [5.74, 6) is -1.35. The second kappa shape index (κ2) is 9.19. The molecule has 1 N–H and O–H groups in total. The molecule has 2 atom stereocenters. The van der Waals surface area contributed by atoms with Gasteiger partial charge in [0, 0.05) is 16.7 Å². The molecular weight excluding hydrogens is 280 g/mol. The molecular formula is C15H23F2NOS. The van der Waals surface area contributed by atoms with Gasteiger partial charge in [-0.15, -0.1) is 0 Å². The van der Waals surface area contributed by atoms with Gasteiger partial charge in [-0.25, -0.2) is 8.78 Å². The second-order valence-electron chi connectivity index (χ2n) is 4.98. The predicted octanol–water partition coefficient (Wildman–Crippen LogP) is 3.63. The van der Waals surface area contributed by atoms with E-state index < -0.39 is 22.4 Å². The van der Waals surface area contributed by atoms with E-state index in [1.807, 2.05) is 0 Å². The molecule has 114 valence electrons. The molecule has 5 heteroatoms. The summed E-state index contributed by atoms with van der Waals surface area (Å²) in [6.07, 6.45) is 3.95. The number of halogens is 2.